The summed E-state index contributed by atoms with van der Waals surface area (Å²) in [4.78, 5) is 13.1. The molecule has 30 heavy (non-hydrogen) atoms. The lowest BCUT2D eigenvalue weighted by molar-refractivity contribution is -0.122. The zero-order valence-electron chi connectivity index (χ0n) is 18.2. The molecule has 1 unspecified atom stereocenters. The zero-order valence-corrected chi connectivity index (χ0v) is 19.0. The smallest absolute Gasteiger partial charge is 0.241 e. The van der Waals surface area contributed by atoms with Crippen molar-refractivity contribution in [2.75, 3.05) is 19.8 Å². The molecule has 1 amide bonds. The number of sulfonamides is 1. The number of hydrogen-bond acceptors (Lipinski definition) is 4. The van der Waals surface area contributed by atoms with Gasteiger partial charge in [0.05, 0.1) is 4.90 Å². The number of amides is 1. The number of carbonyl (C=O) groups is 1. The highest BCUT2D eigenvalue weighted by molar-refractivity contribution is 7.89. The molecule has 0 heterocycles. The maximum absolute atomic E-state index is 13.2. The van der Waals surface area contributed by atoms with Gasteiger partial charge in [0.15, 0.2) is 0 Å². The van der Waals surface area contributed by atoms with E-state index in [4.69, 9.17) is 4.74 Å². The van der Waals surface area contributed by atoms with Crippen LogP contribution < -0.4 is 10.0 Å². The first-order valence-electron chi connectivity index (χ1n) is 10.2. The Hall–Kier alpha value is -2.22. The van der Waals surface area contributed by atoms with Gasteiger partial charge in [-0.1, -0.05) is 48.0 Å². The van der Waals surface area contributed by atoms with Crippen LogP contribution in [0.4, 0.5) is 0 Å². The Morgan fingerprint density at radius 1 is 1.07 bits per heavy atom. The normalized spacial score (nSPS) is 12.5. The SMILES string of the molecule is CCOCCCNC(=O)C(Cc1ccccc1)NS(=O)(=O)c1c(C)cc(C)cc1C. The first-order valence-corrected chi connectivity index (χ1v) is 11.7. The van der Waals surface area contributed by atoms with Crippen molar-refractivity contribution in [2.45, 2.75) is 51.5 Å². The van der Waals surface area contributed by atoms with Crippen molar-refractivity contribution >= 4 is 15.9 Å². The molecule has 7 heteroatoms. The Balaban J connectivity index is 2.22. The third-order valence-electron chi connectivity index (χ3n) is 4.74. The fraction of sp³-hybridized carbons (Fsp3) is 0.435. The van der Waals surface area contributed by atoms with Crippen LogP contribution in [-0.2, 0) is 26.0 Å². The monoisotopic (exact) mass is 432 g/mol. The average molecular weight is 433 g/mol. The number of rotatable bonds is 11. The Labute approximate surface area is 180 Å². The summed E-state index contributed by atoms with van der Waals surface area (Å²) in [7, 11) is -3.88. The lowest BCUT2D eigenvalue weighted by atomic mass is 10.1. The second-order valence-corrected chi connectivity index (χ2v) is 9.08. The highest BCUT2D eigenvalue weighted by Gasteiger charge is 2.28. The van der Waals surface area contributed by atoms with E-state index in [-0.39, 0.29) is 17.2 Å². The molecule has 0 saturated carbocycles. The molecule has 0 bridgehead atoms. The van der Waals surface area contributed by atoms with Gasteiger partial charge in [-0.15, -0.1) is 0 Å². The quantitative estimate of drug-likeness (QED) is 0.535. The molecule has 6 nitrogen and oxygen atoms in total. The summed E-state index contributed by atoms with van der Waals surface area (Å²) in [6, 6.07) is 12.1. The number of carbonyl (C=O) groups excluding carboxylic acids is 1. The molecule has 0 aromatic heterocycles. The summed E-state index contributed by atoms with van der Waals surface area (Å²) in [5, 5.41) is 2.83. The van der Waals surface area contributed by atoms with Crippen LogP contribution in [0.1, 0.15) is 35.6 Å². The first-order chi connectivity index (χ1) is 14.2. The van der Waals surface area contributed by atoms with Gasteiger partial charge in [-0.2, -0.15) is 4.72 Å². The molecule has 0 fully saturated rings. The van der Waals surface area contributed by atoms with Crippen molar-refractivity contribution in [1.29, 1.82) is 0 Å². The molecule has 2 aromatic carbocycles. The van der Waals surface area contributed by atoms with Gasteiger partial charge in [0, 0.05) is 19.8 Å². The predicted octanol–water partition coefficient (Wildman–Crippen LogP) is 3.04. The van der Waals surface area contributed by atoms with Crippen molar-refractivity contribution in [2.24, 2.45) is 0 Å². The van der Waals surface area contributed by atoms with Gasteiger partial charge >= 0.3 is 0 Å². The minimum atomic E-state index is -3.88. The van der Waals surface area contributed by atoms with E-state index in [2.05, 4.69) is 10.0 Å². The molecule has 0 spiro atoms. The highest BCUT2D eigenvalue weighted by Crippen LogP contribution is 2.22. The summed E-state index contributed by atoms with van der Waals surface area (Å²) >= 11 is 0. The predicted molar refractivity (Wildman–Crippen MR) is 119 cm³/mol. The Kier molecular flexibility index (Phi) is 9.02. The molecule has 164 valence electrons. The Bertz CT molecular complexity index is 920. The van der Waals surface area contributed by atoms with Crippen LogP contribution in [0, 0.1) is 20.8 Å². The maximum atomic E-state index is 13.2. The Morgan fingerprint density at radius 3 is 2.30 bits per heavy atom. The van der Waals surface area contributed by atoms with Crippen molar-refractivity contribution < 1.29 is 17.9 Å². The van der Waals surface area contributed by atoms with E-state index in [9.17, 15) is 13.2 Å². The van der Waals surface area contributed by atoms with Crippen molar-refractivity contribution in [3.63, 3.8) is 0 Å². The molecule has 0 radical (unpaired) electrons. The maximum Gasteiger partial charge on any atom is 0.241 e. The highest BCUT2D eigenvalue weighted by atomic mass is 32.2. The summed E-state index contributed by atoms with van der Waals surface area (Å²) < 4.78 is 34.3. The average Bonchev–Trinajstić information content (AvgIpc) is 2.66. The van der Waals surface area contributed by atoms with E-state index in [0.717, 1.165) is 11.1 Å². The number of benzene rings is 2. The van der Waals surface area contributed by atoms with Crippen LogP contribution in [0.15, 0.2) is 47.4 Å². The minimum absolute atomic E-state index is 0.232. The number of ether oxygens (including phenoxy) is 1. The van der Waals surface area contributed by atoms with Gasteiger partial charge in [-0.25, -0.2) is 8.42 Å². The topological polar surface area (TPSA) is 84.5 Å². The molecular weight excluding hydrogens is 400 g/mol. The van der Waals surface area contributed by atoms with E-state index >= 15 is 0 Å². The second-order valence-electron chi connectivity index (χ2n) is 7.43. The Morgan fingerprint density at radius 2 is 1.70 bits per heavy atom. The summed E-state index contributed by atoms with van der Waals surface area (Å²) in [5.41, 5.74) is 3.20. The van der Waals surface area contributed by atoms with Gasteiger partial charge in [-0.05, 0) is 57.2 Å². The molecule has 0 saturated heterocycles. The second kappa shape index (κ2) is 11.2. The third kappa shape index (κ3) is 6.93. The van der Waals surface area contributed by atoms with Gasteiger partial charge in [0.2, 0.25) is 15.9 Å². The lowest BCUT2D eigenvalue weighted by Crippen LogP contribution is -2.48. The third-order valence-corrected chi connectivity index (χ3v) is 6.51. The van der Waals surface area contributed by atoms with Crippen molar-refractivity contribution in [3.05, 3.63) is 64.7 Å². The van der Waals surface area contributed by atoms with Crippen molar-refractivity contribution in [1.82, 2.24) is 10.0 Å². The zero-order chi connectivity index (χ0) is 22.1. The van der Waals surface area contributed by atoms with Crippen LogP contribution in [0.25, 0.3) is 0 Å². The van der Waals surface area contributed by atoms with Gasteiger partial charge < -0.3 is 10.1 Å². The summed E-state index contributed by atoms with van der Waals surface area (Å²) in [6.07, 6.45) is 0.932. The number of hydrogen-bond donors (Lipinski definition) is 2. The molecule has 0 aliphatic heterocycles. The molecule has 2 aromatic rings. The van der Waals surface area contributed by atoms with E-state index in [1.165, 1.54) is 0 Å². The van der Waals surface area contributed by atoms with Gasteiger partial charge in [0.25, 0.3) is 0 Å². The fourth-order valence-corrected chi connectivity index (χ4v) is 5.18. The minimum Gasteiger partial charge on any atom is -0.382 e. The lowest BCUT2D eigenvalue weighted by Gasteiger charge is -2.20. The molecule has 2 N–H and O–H groups in total. The van der Waals surface area contributed by atoms with E-state index in [0.29, 0.717) is 37.3 Å². The van der Waals surface area contributed by atoms with Crippen LogP contribution in [0.3, 0.4) is 0 Å². The number of aryl methyl sites for hydroxylation is 3. The molecule has 2 rings (SSSR count). The number of nitrogens with one attached hydrogen (secondary N) is 2. The summed E-state index contributed by atoms with van der Waals surface area (Å²) in [5.74, 6) is -0.346. The van der Waals surface area contributed by atoms with E-state index in [1.54, 1.807) is 13.8 Å². The summed E-state index contributed by atoms with van der Waals surface area (Å²) in [6.45, 7) is 8.99. The largest absolute Gasteiger partial charge is 0.382 e. The van der Waals surface area contributed by atoms with E-state index < -0.39 is 16.1 Å². The van der Waals surface area contributed by atoms with Gasteiger partial charge in [0.1, 0.15) is 6.04 Å². The molecule has 0 aliphatic carbocycles. The van der Waals surface area contributed by atoms with Crippen LogP contribution in [0.2, 0.25) is 0 Å². The van der Waals surface area contributed by atoms with E-state index in [1.807, 2.05) is 56.3 Å². The first kappa shape index (κ1) is 24.1. The van der Waals surface area contributed by atoms with Crippen LogP contribution >= 0.6 is 0 Å². The van der Waals surface area contributed by atoms with Crippen LogP contribution in [-0.4, -0.2) is 40.1 Å². The standard InChI is InChI=1S/C23H32N2O4S/c1-5-29-13-9-12-24-23(26)21(16-20-10-7-6-8-11-20)25-30(27,28)22-18(3)14-17(2)15-19(22)4/h6-8,10-11,14-15,21,25H,5,9,12-13,16H2,1-4H3,(H,24,26). The molecule has 0 aliphatic rings. The molecular formula is C23H32N2O4S. The van der Waals surface area contributed by atoms with Crippen LogP contribution in [0.5, 0.6) is 0 Å². The van der Waals surface area contributed by atoms with Gasteiger partial charge in [-0.3, -0.25) is 4.79 Å². The molecule has 1 atom stereocenters. The fourth-order valence-electron chi connectivity index (χ4n) is 3.53. The van der Waals surface area contributed by atoms with Crippen molar-refractivity contribution in [3.8, 4) is 0 Å².